The van der Waals surface area contributed by atoms with Gasteiger partial charge in [0.1, 0.15) is 31.5 Å². The number of ether oxygens (including phenoxy) is 10. The van der Waals surface area contributed by atoms with Crippen molar-refractivity contribution >= 4 is 93.3 Å². The third-order valence-electron chi connectivity index (χ3n) is 15.3. The molecule has 23 heteroatoms. The Hall–Kier alpha value is -10.9. The van der Waals surface area contributed by atoms with Crippen molar-refractivity contribution < 1.29 is 80.9 Å². The highest BCUT2D eigenvalue weighted by Crippen LogP contribution is 2.37. The van der Waals surface area contributed by atoms with Crippen LogP contribution in [0, 0.1) is 0 Å². The average Bonchev–Trinajstić information content (AvgIpc) is 0.763. The van der Waals surface area contributed by atoms with Crippen LogP contribution in [0.2, 0.25) is 5.02 Å². The van der Waals surface area contributed by atoms with Crippen molar-refractivity contribution in [2.45, 2.75) is 67.1 Å². The molecular formula is C76H62ClN3O17S2. The van der Waals surface area contributed by atoms with Crippen LogP contribution < -0.4 is 10.6 Å². The molecule has 20 nitrogen and oxygen atoms in total. The first kappa shape index (κ1) is 69.5. The van der Waals surface area contributed by atoms with Crippen LogP contribution >= 0.6 is 35.6 Å². The minimum atomic E-state index is -2.12. The summed E-state index contributed by atoms with van der Waals surface area (Å²) in [7, 11) is 0. The predicted octanol–water partition coefficient (Wildman–Crippen LogP) is 12.6. The number of halogens is 1. The van der Waals surface area contributed by atoms with Crippen LogP contribution in [0.4, 0.5) is 5.69 Å². The van der Waals surface area contributed by atoms with Crippen molar-refractivity contribution in [3.8, 4) is 0 Å². The SMILES string of the molecule is O=C(OC[C@H]1O[C@@H](O[C@H]2[C@H](OC(=O)c3ccccc3)[C@@H](OC(=O)c3ccccc3)[C@H](N/C(=N/C(=S)Nc3ccc(Cl)cc3)SCc3ccccc3)O[C@@H]2COC(=O)c2ccccc2)[C@H](OC(=O)c2ccccc2)[C@@H](OC(=O)c2ccccc2)[C@H]1OC(=O)c1ccccc1)c1ccccc1. The summed E-state index contributed by atoms with van der Waals surface area (Å²) in [6.07, 6.45) is -18.7. The van der Waals surface area contributed by atoms with E-state index in [0.717, 1.165) is 17.3 Å². The van der Waals surface area contributed by atoms with E-state index in [2.05, 4.69) is 10.6 Å². The molecule has 0 aliphatic carbocycles. The van der Waals surface area contributed by atoms with Gasteiger partial charge in [-0.15, -0.1) is 0 Å². The third kappa shape index (κ3) is 19.0. The third-order valence-corrected chi connectivity index (χ3v) is 16.7. The molecule has 9 aromatic carbocycles. The Morgan fingerprint density at radius 1 is 0.394 bits per heavy atom. The molecule has 11 rings (SSSR count). The van der Waals surface area contributed by atoms with Gasteiger partial charge in [0, 0.05) is 16.5 Å². The second kappa shape index (κ2) is 34.4. The van der Waals surface area contributed by atoms with Crippen LogP contribution in [0.5, 0.6) is 0 Å². The number of hydrogen-bond acceptors (Lipinski definition) is 19. The number of carbonyl (C=O) groups excluding carboxylic acids is 7. The van der Waals surface area contributed by atoms with Gasteiger partial charge < -0.3 is 58.0 Å². The van der Waals surface area contributed by atoms with Gasteiger partial charge in [-0.05, 0) is 127 Å². The Balaban J connectivity index is 1.08. The van der Waals surface area contributed by atoms with Crippen molar-refractivity contribution in [1.29, 1.82) is 0 Å². The van der Waals surface area contributed by atoms with Crippen LogP contribution in [-0.4, -0.2) is 127 Å². The largest absolute Gasteiger partial charge is 0.459 e. The number of aliphatic imine (C=N–C) groups is 1. The van der Waals surface area contributed by atoms with Gasteiger partial charge in [0.05, 0.1) is 38.9 Å². The van der Waals surface area contributed by atoms with Crippen molar-refractivity contribution in [3.05, 3.63) is 316 Å². The molecule has 0 amide bonds. The maximum Gasteiger partial charge on any atom is 0.338 e. The molecule has 2 N–H and O–H groups in total. The number of rotatable bonds is 22. The quantitative estimate of drug-likeness (QED) is 0.0210. The molecule has 2 heterocycles. The van der Waals surface area contributed by atoms with Gasteiger partial charge >= 0.3 is 41.8 Å². The lowest BCUT2D eigenvalue weighted by molar-refractivity contribution is -0.339. The van der Waals surface area contributed by atoms with Crippen molar-refractivity contribution in [2.75, 3.05) is 18.5 Å². The number of amidine groups is 1. The zero-order chi connectivity index (χ0) is 68.9. The Morgan fingerprint density at radius 3 is 1.13 bits per heavy atom. The first-order chi connectivity index (χ1) is 48.3. The van der Waals surface area contributed by atoms with E-state index in [-0.39, 0.29) is 55.0 Å². The first-order valence-corrected chi connectivity index (χ1v) is 32.9. The zero-order valence-electron chi connectivity index (χ0n) is 52.4. The van der Waals surface area contributed by atoms with Gasteiger partial charge in [0.25, 0.3) is 0 Å². The van der Waals surface area contributed by atoms with Gasteiger partial charge in [-0.1, -0.05) is 181 Å². The molecule has 99 heavy (non-hydrogen) atoms. The minimum absolute atomic E-state index is 0.00312. The standard InChI is InChI=1S/C76H62ClN3O17S2/c77-56-41-43-57(44-42-56)78-75(98)80-76(99-47-48-25-9-1-10-26-48)79-66-64(95-72(86)54-37-21-7-22-38-54)62(93-70(84)52-33-17-5-18-34-52)61(58(90-66)45-88-67(81)49-27-11-2-12-28-49)97-74-65(96-73(87)55-39-23-8-24-40-55)63(94-71(85)53-35-19-6-20-36-53)60(92-69(83)51-31-15-4-16-32-51)59(91-74)46-89-68(82)50-29-13-3-14-30-50/h1-44,58-66,74H,45-47H2,(H2,78,79,80,98)/t58-,59-,60+,61-,62+,63+,64-,65-,66-,74+/m1/s1. The van der Waals surface area contributed by atoms with Crippen molar-refractivity contribution in [3.63, 3.8) is 0 Å². The van der Waals surface area contributed by atoms with E-state index < -0.39 is 116 Å². The second-order valence-corrected chi connectivity index (χ2v) is 23.9. The number of benzene rings is 9. The Bertz CT molecular complexity index is 4240. The van der Waals surface area contributed by atoms with E-state index in [1.165, 1.54) is 84.9 Å². The highest BCUT2D eigenvalue weighted by molar-refractivity contribution is 8.13. The summed E-state index contributed by atoms with van der Waals surface area (Å²) in [6, 6.07) is 70.9. The second-order valence-electron chi connectivity index (χ2n) is 22.1. The summed E-state index contributed by atoms with van der Waals surface area (Å²) < 4.78 is 65.6. The van der Waals surface area contributed by atoms with Gasteiger partial charge in [-0.2, -0.15) is 4.99 Å². The average molecular weight is 1390 g/mol. The van der Waals surface area contributed by atoms with Crippen LogP contribution in [0.15, 0.2) is 272 Å². The maximum absolute atomic E-state index is 15.1. The zero-order valence-corrected chi connectivity index (χ0v) is 54.8. The molecular weight excluding hydrogens is 1330 g/mol. The molecule has 10 atom stereocenters. The molecule has 2 aliphatic rings. The van der Waals surface area contributed by atoms with Gasteiger partial charge in [-0.25, -0.2) is 33.6 Å². The first-order valence-electron chi connectivity index (χ1n) is 31.1. The number of nitrogens with zero attached hydrogens (tertiary/aromatic N) is 1. The lowest BCUT2D eigenvalue weighted by atomic mass is 9.95. The molecule has 0 saturated carbocycles. The molecule has 2 saturated heterocycles. The minimum Gasteiger partial charge on any atom is -0.459 e. The molecule has 0 spiro atoms. The normalized spacial score (nSPS) is 20.3. The fraction of sp³-hybridized carbons (Fsp3) is 0.171. The van der Waals surface area contributed by atoms with Crippen molar-refractivity contribution in [2.24, 2.45) is 4.99 Å². The van der Waals surface area contributed by atoms with E-state index >= 15 is 4.79 Å². The number of thiocarbonyl (C=S) groups is 1. The molecule has 0 radical (unpaired) electrons. The molecule has 9 aromatic rings. The number of thioether (sulfide) groups is 1. The van der Waals surface area contributed by atoms with Crippen LogP contribution in [-0.2, 0) is 53.1 Å². The Kier molecular flexibility index (Phi) is 24.1. The molecule has 2 fully saturated rings. The van der Waals surface area contributed by atoms with Gasteiger partial charge in [0.15, 0.2) is 53.3 Å². The highest BCUT2D eigenvalue weighted by Gasteiger charge is 2.58. The van der Waals surface area contributed by atoms with Gasteiger partial charge in [0.2, 0.25) is 0 Å². The summed E-state index contributed by atoms with van der Waals surface area (Å²) in [5.41, 5.74) is 1.67. The Morgan fingerprint density at radius 2 is 0.727 bits per heavy atom. The number of nitrogens with one attached hydrogen (secondary N) is 2. The molecule has 0 aromatic heterocycles. The summed E-state index contributed by atoms with van der Waals surface area (Å²) in [5.74, 6) is -6.42. The fourth-order valence-corrected chi connectivity index (χ4v) is 11.7. The number of anilines is 1. The molecule has 0 unspecified atom stereocenters. The van der Waals surface area contributed by atoms with E-state index in [1.807, 2.05) is 30.3 Å². The molecule has 2 aliphatic heterocycles. The lowest BCUT2D eigenvalue weighted by Crippen LogP contribution is -2.69. The van der Waals surface area contributed by atoms with E-state index in [9.17, 15) is 28.8 Å². The van der Waals surface area contributed by atoms with E-state index in [4.69, 9.17) is 76.2 Å². The summed E-state index contributed by atoms with van der Waals surface area (Å²) in [4.78, 5) is 107. The van der Waals surface area contributed by atoms with Crippen LogP contribution in [0.1, 0.15) is 78.1 Å². The Labute approximate surface area is 583 Å². The van der Waals surface area contributed by atoms with Crippen LogP contribution in [0.25, 0.3) is 0 Å². The molecule has 0 bridgehead atoms. The van der Waals surface area contributed by atoms with E-state index in [0.29, 0.717) is 10.7 Å². The van der Waals surface area contributed by atoms with Crippen LogP contribution in [0.3, 0.4) is 0 Å². The predicted molar refractivity (Wildman–Crippen MR) is 370 cm³/mol. The number of carbonyl (C=O) groups is 7. The smallest absolute Gasteiger partial charge is 0.338 e. The molecule has 502 valence electrons. The highest BCUT2D eigenvalue weighted by atomic mass is 35.5. The summed E-state index contributed by atoms with van der Waals surface area (Å²) >= 11 is 13.3. The summed E-state index contributed by atoms with van der Waals surface area (Å²) in [6.45, 7) is -1.52. The fourth-order valence-electron chi connectivity index (χ4n) is 10.5. The number of hydrogen-bond donors (Lipinski definition) is 2. The lowest BCUT2D eigenvalue weighted by Gasteiger charge is -2.49. The maximum atomic E-state index is 15.1. The number of esters is 7. The van der Waals surface area contributed by atoms with Crippen molar-refractivity contribution in [1.82, 2.24) is 5.32 Å². The van der Waals surface area contributed by atoms with Gasteiger partial charge in [-0.3, -0.25) is 0 Å². The van der Waals surface area contributed by atoms with E-state index in [1.54, 1.807) is 152 Å². The monoisotopic (exact) mass is 1390 g/mol. The summed E-state index contributed by atoms with van der Waals surface area (Å²) in [5, 5.41) is 6.85. The topological polar surface area (TPSA) is 248 Å².